The maximum Gasteiger partial charge on any atom is 0.244 e. The molecule has 3 heterocycles. The molecule has 172 valence electrons. The first-order valence-electron chi connectivity index (χ1n) is 11.3. The summed E-state index contributed by atoms with van der Waals surface area (Å²) >= 11 is 0. The Balaban J connectivity index is 1.29. The summed E-state index contributed by atoms with van der Waals surface area (Å²) in [5, 5.41) is 7.72. The summed E-state index contributed by atoms with van der Waals surface area (Å²) in [6.07, 6.45) is 14.2. The molecule has 0 spiro atoms. The van der Waals surface area contributed by atoms with Crippen LogP contribution >= 0.6 is 0 Å². The Morgan fingerprint density at radius 3 is 2.63 bits per heavy atom. The number of pyridine rings is 1. The molecule has 7 heteroatoms. The number of para-hydroxylation sites is 1. The maximum absolute atomic E-state index is 12.6. The molecular weight excluding hydrogens is 436 g/mol. The van der Waals surface area contributed by atoms with E-state index in [0.29, 0.717) is 6.54 Å². The van der Waals surface area contributed by atoms with Gasteiger partial charge in [0, 0.05) is 61.3 Å². The highest BCUT2D eigenvalue weighted by Crippen LogP contribution is 2.24. The van der Waals surface area contributed by atoms with Gasteiger partial charge in [-0.05, 0) is 41.5 Å². The smallest absolute Gasteiger partial charge is 0.244 e. The standard InChI is InChI=1S/C28H24N6O/c35-27(31-17-22-6-4-7-23(16-22)19-33-15-14-30-21-33)12-11-25-20-34(26-9-2-1-3-10-26)32-28(25)24-8-5-13-29-18-24/h1-16,18,20-21H,17,19H2,(H,31,35)/b12-11+. The van der Waals surface area contributed by atoms with Gasteiger partial charge in [0.25, 0.3) is 0 Å². The molecule has 5 aromatic rings. The summed E-state index contributed by atoms with van der Waals surface area (Å²) < 4.78 is 3.82. The Kier molecular flexibility index (Phi) is 6.57. The number of benzene rings is 2. The van der Waals surface area contributed by atoms with Crippen molar-refractivity contribution in [3.05, 3.63) is 127 Å². The fourth-order valence-corrected chi connectivity index (χ4v) is 3.79. The molecule has 0 aliphatic carbocycles. The lowest BCUT2D eigenvalue weighted by atomic mass is 10.1. The van der Waals surface area contributed by atoms with Crippen LogP contribution in [-0.4, -0.2) is 30.2 Å². The van der Waals surface area contributed by atoms with Crippen molar-refractivity contribution < 1.29 is 4.79 Å². The molecule has 0 unspecified atom stereocenters. The molecule has 0 bridgehead atoms. The molecule has 0 aliphatic rings. The summed E-state index contributed by atoms with van der Waals surface area (Å²) in [5.41, 5.74) is 5.61. The topological polar surface area (TPSA) is 77.6 Å². The zero-order valence-electron chi connectivity index (χ0n) is 19.0. The zero-order valence-corrected chi connectivity index (χ0v) is 19.0. The Morgan fingerprint density at radius 1 is 0.943 bits per heavy atom. The Bertz CT molecular complexity index is 1420. The van der Waals surface area contributed by atoms with E-state index < -0.39 is 0 Å². The van der Waals surface area contributed by atoms with Crippen molar-refractivity contribution in [3.63, 3.8) is 0 Å². The monoisotopic (exact) mass is 460 g/mol. The van der Waals surface area contributed by atoms with Gasteiger partial charge in [0.1, 0.15) is 5.69 Å². The number of hydrogen-bond donors (Lipinski definition) is 1. The van der Waals surface area contributed by atoms with E-state index in [0.717, 1.165) is 40.2 Å². The first kappa shape index (κ1) is 22.0. The van der Waals surface area contributed by atoms with Gasteiger partial charge in [0.05, 0.1) is 12.0 Å². The highest BCUT2D eigenvalue weighted by atomic mass is 16.1. The highest BCUT2D eigenvalue weighted by Gasteiger charge is 2.11. The zero-order chi connectivity index (χ0) is 23.9. The van der Waals surface area contributed by atoms with Crippen LogP contribution in [0.1, 0.15) is 16.7 Å². The van der Waals surface area contributed by atoms with Gasteiger partial charge in [0.15, 0.2) is 0 Å². The van der Waals surface area contributed by atoms with Gasteiger partial charge >= 0.3 is 0 Å². The van der Waals surface area contributed by atoms with Crippen molar-refractivity contribution in [3.8, 4) is 16.9 Å². The summed E-state index contributed by atoms with van der Waals surface area (Å²) in [6, 6.07) is 21.9. The molecule has 0 saturated heterocycles. The van der Waals surface area contributed by atoms with E-state index in [9.17, 15) is 4.79 Å². The largest absolute Gasteiger partial charge is 0.348 e. The number of amides is 1. The van der Waals surface area contributed by atoms with Crippen LogP contribution < -0.4 is 5.32 Å². The van der Waals surface area contributed by atoms with E-state index >= 15 is 0 Å². The minimum Gasteiger partial charge on any atom is -0.348 e. The van der Waals surface area contributed by atoms with Gasteiger partial charge < -0.3 is 9.88 Å². The third kappa shape index (κ3) is 5.59. The van der Waals surface area contributed by atoms with Crippen molar-refractivity contribution in [1.82, 2.24) is 29.6 Å². The summed E-state index contributed by atoms with van der Waals surface area (Å²) in [4.78, 5) is 20.9. The Hall–Kier alpha value is -4.78. The van der Waals surface area contributed by atoms with Gasteiger partial charge in [-0.3, -0.25) is 9.78 Å². The number of rotatable bonds is 8. The van der Waals surface area contributed by atoms with E-state index in [1.54, 1.807) is 37.1 Å². The molecule has 35 heavy (non-hydrogen) atoms. The van der Waals surface area contributed by atoms with Crippen LogP contribution in [0.5, 0.6) is 0 Å². The van der Waals surface area contributed by atoms with Crippen LogP contribution in [0.15, 0.2) is 110 Å². The summed E-state index contributed by atoms with van der Waals surface area (Å²) in [5.74, 6) is -0.172. The number of carbonyl (C=O) groups is 1. The van der Waals surface area contributed by atoms with E-state index in [-0.39, 0.29) is 5.91 Å². The molecule has 7 nitrogen and oxygen atoms in total. The van der Waals surface area contributed by atoms with Crippen LogP contribution in [0.25, 0.3) is 23.0 Å². The molecule has 2 aromatic carbocycles. The van der Waals surface area contributed by atoms with Gasteiger partial charge in [-0.15, -0.1) is 0 Å². The highest BCUT2D eigenvalue weighted by molar-refractivity contribution is 5.92. The van der Waals surface area contributed by atoms with Crippen LogP contribution in [0.4, 0.5) is 0 Å². The minimum absolute atomic E-state index is 0.172. The minimum atomic E-state index is -0.172. The van der Waals surface area contributed by atoms with Crippen molar-refractivity contribution in [2.24, 2.45) is 0 Å². The lowest BCUT2D eigenvalue weighted by molar-refractivity contribution is -0.116. The second-order valence-corrected chi connectivity index (χ2v) is 8.06. The fraction of sp³-hybridized carbons (Fsp3) is 0.0714. The molecule has 5 rings (SSSR count). The number of imidazole rings is 1. The number of carbonyl (C=O) groups excluding carboxylic acids is 1. The average molecular weight is 461 g/mol. The maximum atomic E-state index is 12.6. The first-order chi connectivity index (χ1) is 17.2. The Morgan fingerprint density at radius 2 is 1.83 bits per heavy atom. The number of nitrogens with zero attached hydrogens (tertiary/aromatic N) is 5. The molecule has 1 amide bonds. The predicted molar refractivity (Wildman–Crippen MR) is 135 cm³/mol. The quantitative estimate of drug-likeness (QED) is 0.346. The predicted octanol–water partition coefficient (Wildman–Crippen LogP) is 4.51. The molecular formula is C28H24N6O. The molecule has 0 fully saturated rings. The van der Waals surface area contributed by atoms with Crippen molar-refractivity contribution in [2.45, 2.75) is 13.1 Å². The first-order valence-corrected chi connectivity index (χ1v) is 11.3. The molecule has 3 aromatic heterocycles. The van der Waals surface area contributed by atoms with Crippen molar-refractivity contribution >= 4 is 12.0 Å². The van der Waals surface area contributed by atoms with Gasteiger partial charge in [-0.2, -0.15) is 5.10 Å². The molecule has 1 N–H and O–H groups in total. The lowest BCUT2D eigenvalue weighted by Crippen LogP contribution is -2.20. The molecule has 0 saturated carbocycles. The third-order valence-corrected chi connectivity index (χ3v) is 5.49. The number of nitrogens with one attached hydrogen (secondary N) is 1. The van der Waals surface area contributed by atoms with Crippen molar-refractivity contribution in [1.29, 1.82) is 0 Å². The fourth-order valence-electron chi connectivity index (χ4n) is 3.79. The number of hydrogen-bond acceptors (Lipinski definition) is 4. The van der Waals surface area contributed by atoms with Crippen LogP contribution in [0, 0.1) is 0 Å². The van der Waals surface area contributed by atoms with E-state index in [1.807, 2.05) is 76.2 Å². The van der Waals surface area contributed by atoms with Crippen molar-refractivity contribution in [2.75, 3.05) is 0 Å². The number of aromatic nitrogens is 5. The second kappa shape index (κ2) is 10.4. The van der Waals surface area contributed by atoms with Crippen LogP contribution in [0.2, 0.25) is 0 Å². The van der Waals surface area contributed by atoms with E-state index in [4.69, 9.17) is 5.10 Å². The third-order valence-electron chi connectivity index (χ3n) is 5.49. The van der Waals surface area contributed by atoms with Gasteiger partial charge in [0.2, 0.25) is 5.91 Å². The lowest BCUT2D eigenvalue weighted by Gasteiger charge is -2.07. The summed E-state index contributed by atoms with van der Waals surface area (Å²) in [6.45, 7) is 1.18. The molecule has 0 atom stereocenters. The molecule has 0 aliphatic heterocycles. The van der Waals surface area contributed by atoms with Crippen LogP contribution in [-0.2, 0) is 17.9 Å². The van der Waals surface area contributed by atoms with E-state index in [1.165, 1.54) is 0 Å². The summed E-state index contributed by atoms with van der Waals surface area (Å²) in [7, 11) is 0. The van der Waals surface area contributed by atoms with Gasteiger partial charge in [-0.1, -0.05) is 42.5 Å². The SMILES string of the molecule is O=C(/C=C/c1cn(-c2ccccc2)nc1-c1cccnc1)NCc1cccc(Cn2ccnc2)c1. The van der Waals surface area contributed by atoms with Gasteiger partial charge in [-0.25, -0.2) is 9.67 Å². The molecule has 0 radical (unpaired) electrons. The van der Waals surface area contributed by atoms with Crippen LogP contribution in [0.3, 0.4) is 0 Å². The normalized spacial score (nSPS) is 11.1. The Labute approximate surface area is 203 Å². The second-order valence-electron chi connectivity index (χ2n) is 8.06. The van der Waals surface area contributed by atoms with E-state index in [2.05, 4.69) is 27.4 Å². The average Bonchev–Trinajstić information content (AvgIpc) is 3.58.